The van der Waals surface area contributed by atoms with Gasteiger partial charge in [-0.15, -0.1) is 0 Å². The van der Waals surface area contributed by atoms with Gasteiger partial charge >= 0.3 is 0 Å². The Morgan fingerprint density at radius 3 is 2.65 bits per heavy atom. The smallest absolute Gasteiger partial charge is 0.236 e. The van der Waals surface area contributed by atoms with Crippen LogP contribution in [-0.2, 0) is 9.53 Å². The van der Waals surface area contributed by atoms with E-state index in [4.69, 9.17) is 4.74 Å². The molecule has 4 heteroatoms. The number of hydrogen-bond acceptors (Lipinski definition) is 3. The fourth-order valence-corrected chi connectivity index (χ4v) is 1.92. The fraction of sp³-hybridized carbons (Fsp3) is 0.923. The molecule has 1 rings (SSSR count). The van der Waals surface area contributed by atoms with Gasteiger partial charge in [-0.25, -0.2) is 0 Å². The van der Waals surface area contributed by atoms with Gasteiger partial charge in [0, 0.05) is 13.1 Å². The molecule has 0 bridgehead atoms. The minimum absolute atomic E-state index is 0.206. The van der Waals surface area contributed by atoms with Crippen molar-refractivity contribution >= 4 is 5.91 Å². The molecule has 1 N–H and O–H groups in total. The summed E-state index contributed by atoms with van der Waals surface area (Å²) in [7, 11) is 0. The Kier molecular flexibility index (Phi) is 7.21. The monoisotopic (exact) mass is 242 g/mol. The zero-order chi connectivity index (χ0) is 12.5. The van der Waals surface area contributed by atoms with E-state index in [2.05, 4.69) is 19.2 Å². The van der Waals surface area contributed by atoms with E-state index in [0.29, 0.717) is 19.8 Å². The summed E-state index contributed by atoms with van der Waals surface area (Å²) in [5.41, 5.74) is 0. The molecule has 1 saturated heterocycles. The fourth-order valence-electron chi connectivity index (χ4n) is 1.92. The summed E-state index contributed by atoms with van der Waals surface area (Å²) in [6.07, 6.45) is 3.68. The lowest BCUT2D eigenvalue weighted by molar-refractivity contribution is -0.134. The van der Waals surface area contributed by atoms with Crippen LogP contribution in [0, 0.1) is 5.92 Å². The number of morpholine rings is 1. The lowest BCUT2D eigenvalue weighted by atomic mass is 10.1. The van der Waals surface area contributed by atoms with Crippen LogP contribution in [0.4, 0.5) is 0 Å². The maximum atomic E-state index is 11.7. The average Bonchev–Trinajstić information content (AvgIpc) is 2.34. The van der Waals surface area contributed by atoms with Crippen LogP contribution in [0.5, 0.6) is 0 Å². The molecule has 17 heavy (non-hydrogen) atoms. The Hall–Kier alpha value is -0.610. The van der Waals surface area contributed by atoms with Gasteiger partial charge in [-0.2, -0.15) is 0 Å². The molecule has 0 unspecified atom stereocenters. The van der Waals surface area contributed by atoms with Crippen molar-refractivity contribution in [1.29, 1.82) is 0 Å². The van der Waals surface area contributed by atoms with Crippen LogP contribution in [0.25, 0.3) is 0 Å². The van der Waals surface area contributed by atoms with Gasteiger partial charge in [-0.1, -0.05) is 26.7 Å². The maximum Gasteiger partial charge on any atom is 0.236 e. The number of ether oxygens (including phenoxy) is 1. The number of unbranched alkanes of at least 4 members (excludes halogenated alkanes) is 1. The van der Waals surface area contributed by atoms with E-state index in [0.717, 1.165) is 32.0 Å². The van der Waals surface area contributed by atoms with Gasteiger partial charge in [0.25, 0.3) is 0 Å². The number of carbonyl (C=O) groups is 1. The number of nitrogens with one attached hydrogen (secondary N) is 1. The first-order valence-electron chi connectivity index (χ1n) is 6.76. The van der Waals surface area contributed by atoms with Crippen molar-refractivity contribution in [3.63, 3.8) is 0 Å². The van der Waals surface area contributed by atoms with Gasteiger partial charge in [-0.05, 0) is 18.9 Å². The molecule has 0 aliphatic carbocycles. The summed E-state index contributed by atoms with van der Waals surface area (Å²) in [5, 5.41) is 3.22. The highest BCUT2D eigenvalue weighted by atomic mass is 16.5. The van der Waals surface area contributed by atoms with Crippen LogP contribution >= 0.6 is 0 Å². The molecule has 0 saturated carbocycles. The zero-order valence-corrected chi connectivity index (χ0v) is 11.2. The van der Waals surface area contributed by atoms with E-state index in [9.17, 15) is 4.79 Å². The van der Waals surface area contributed by atoms with E-state index in [1.165, 1.54) is 12.8 Å². The Labute approximate surface area is 105 Å². The summed E-state index contributed by atoms with van der Waals surface area (Å²) in [6, 6.07) is 0. The number of amides is 1. The van der Waals surface area contributed by atoms with Gasteiger partial charge in [-0.3, -0.25) is 4.79 Å². The van der Waals surface area contributed by atoms with Crippen molar-refractivity contribution in [3.05, 3.63) is 0 Å². The van der Waals surface area contributed by atoms with Crippen LogP contribution in [0.3, 0.4) is 0 Å². The lowest BCUT2D eigenvalue weighted by Crippen LogP contribution is -2.44. The second-order valence-corrected chi connectivity index (χ2v) is 5.06. The summed E-state index contributed by atoms with van der Waals surface area (Å²) >= 11 is 0. The van der Waals surface area contributed by atoms with Crippen LogP contribution in [-0.4, -0.2) is 50.2 Å². The first-order chi connectivity index (χ1) is 8.20. The van der Waals surface area contributed by atoms with Crippen LogP contribution in [0.2, 0.25) is 0 Å². The SMILES string of the molecule is CC(C)CCCCNCC(=O)N1CCOCC1. The Morgan fingerprint density at radius 2 is 2.00 bits per heavy atom. The molecule has 0 spiro atoms. The molecule has 1 heterocycles. The second-order valence-electron chi connectivity index (χ2n) is 5.06. The minimum atomic E-state index is 0.206. The van der Waals surface area contributed by atoms with E-state index >= 15 is 0 Å². The Morgan fingerprint density at radius 1 is 1.29 bits per heavy atom. The molecule has 1 amide bonds. The van der Waals surface area contributed by atoms with Gasteiger partial charge in [0.15, 0.2) is 0 Å². The molecule has 4 nitrogen and oxygen atoms in total. The summed E-state index contributed by atoms with van der Waals surface area (Å²) < 4.78 is 5.22. The molecule has 100 valence electrons. The molecule has 1 fully saturated rings. The zero-order valence-electron chi connectivity index (χ0n) is 11.2. The molecule has 0 aromatic carbocycles. The standard InChI is InChI=1S/C13H26N2O2/c1-12(2)5-3-4-6-14-11-13(16)15-7-9-17-10-8-15/h12,14H,3-11H2,1-2H3. The average molecular weight is 242 g/mol. The van der Waals surface area contributed by atoms with Crippen LogP contribution < -0.4 is 5.32 Å². The van der Waals surface area contributed by atoms with Crippen molar-refractivity contribution in [3.8, 4) is 0 Å². The number of hydrogen-bond donors (Lipinski definition) is 1. The number of nitrogens with zero attached hydrogens (tertiary/aromatic N) is 1. The topological polar surface area (TPSA) is 41.6 Å². The Balaban J connectivity index is 1.96. The summed E-state index contributed by atoms with van der Waals surface area (Å²) in [6.45, 7) is 8.76. The highest BCUT2D eigenvalue weighted by molar-refractivity contribution is 5.78. The van der Waals surface area contributed by atoms with E-state index in [1.54, 1.807) is 0 Å². The van der Waals surface area contributed by atoms with Gasteiger partial charge in [0.05, 0.1) is 19.8 Å². The third-order valence-electron chi connectivity index (χ3n) is 3.03. The third kappa shape index (κ3) is 6.64. The molecule has 0 atom stereocenters. The predicted octanol–water partition coefficient (Wildman–Crippen LogP) is 1.26. The number of carbonyl (C=O) groups excluding carboxylic acids is 1. The summed E-state index contributed by atoms with van der Waals surface area (Å²) in [5.74, 6) is 0.988. The molecule has 1 aliphatic rings. The molecule has 0 aromatic rings. The summed E-state index contributed by atoms with van der Waals surface area (Å²) in [4.78, 5) is 13.6. The van der Waals surface area contributed by atoms with E-state index in [1.807, 2.05) is 4.90 Å². The highest BCUT2D eigenvalue weighted by Crippen LogP contribution is 2.05. The number of rotatable bonds is 7. The van der Waals surface area contributed by atoms with Gasteiger partial charge in [0.1, 0.15) is 0 Å². The van der Waals surface area contributed by atoms with Crippen molar-refractivity contribution in [2.75, 3.05) is 39.4 Å². The molecule has 0 radical (unpaired) electrons. The minimum Gasteiger partial charge on any atom is -0.378 e. The third-order valence-corrected chi connectivity index (χ3v) is 3.03. The first-order valence-corrected chi connectivity index (χ1v) is 6.76. The van der Waals surface area contributed by atoms with E-state index < -0.39 is 0 Å². The second kappa shape index (κ2) is 8.48. The van der Waals surface area contributed by atoms with Crippen molar-refractivity contribution < 1.29 is 9.53 Å². The van der Waals surface area contributed by atoms with E-state index in [-0.39, 0.29) is 5.91 Å². The first kappa shape index (κ1) is 14.5. The quantitative estimate of drug-likeness (QED) is 0.683. The maximum absolute atomic E-state index is 11.7. The lowest BCUT2D eigenvalue weighted by Gasteiger charge is -2.26. The van der Waals surface area contributed by atoms with Crippen molar-refractivity contribution in [2.45, 2.75) is 33.1 Å². The molecule has 0 aromatic heterocycles. The highest BCUT2D eigenvalue weighted by Gasteiger charge is 2.15. The van der Waals surface area contributed by atoms with Gasteiger partial charge < -0.3 is 15.0 Å². The van der Waals surface area contributed by atoms with Crippen molar-refractivity contribution in [2.24, 2.45) is 5.92 Å². The largest absolute Gasteiger partial charge is 0.378 e. The molecular formula is C13H26N2O2. The van der Waals surface area contributed by atoms with Crippen molar-refractivity contribution in [1.82, 2.24) is 10.2 Å². The predicted molar refractivity (Wildman–Crippen MR) is 69.0 cm³/mol. The molecular weight excluding hydrogens is 216 g/mol. The normalized spacial score (nSPS) is 16.5. The van der Waals surface area contributed by atoms with Crippen LogP contribution in [0.15, 0.2) is 0 Å². The van der Waals surface area contributed by atoms with Crippen LogP contribution in [0.1, 0.15) is 33.1 Å². The Bertz CT molecular complexity index is 213. The molecule has 1 aliphatic heterocycles. The van der Waals surface area contributed by atoms with Gasteiger partial charge in [0.2, 0.25) is 5.91 Å².